The van der Waals surface area contributed by atoms with Crippen molar-refractivity contribution in [1.82, 2.24) is 4.90 Å². The van der Waals surface area contributed by atoms with Crippen LogP contribution in [-0.4, -0.2) is 28.8 Å². The molecule has 6 heteroatoms. The first kappa shape index (κ1) is 17.9. The van der Waals surface area contributed by atoms with E-state index < -0.39 is 4.92 Å². The number of carbonyl (C=O) groups excluding carboxylic acids is 1. The molecule has 3 rings (SSSR count). The van der Waals surface area contributed by atoms with Crippen LogP contribution in [0.1, 0.15) is 49.7 Å². The van der Waals surface area contributed by atoms with Crippen molar-refractivity contribution in [2.45, 2.75) is 45.4 Å². The fourth-order valence-electron chi connectivity index (χ4n) is 3.83. The summed E-state index contributed by atoms with van der Waals surface area (Å²) in [6.07, 6.45) is 8.04. The Labute approximate surface area is 152 Å². The maximum absolute atomic E-state index is 12.5. The van der Waals surface area contributed by atoms with Gasteiger partial charge in [-0.05, 0) is 44.2 Å². The van der Waals surface area contributed by atoms with Crippen LogP contribution in [0.15, 0.2) is 17.7 Å². The Morgan fingerprint density at radius 2 is 1.92 bits per heavy atom. The summed E-state index contributed by atoms with van der Waals surface area (Å²) in [4.78, 5) is 25.2. The molecule has 0 radical (unpaired) electrons. The van der Waals surface area contributed by atoms with Gasteiger partial charge in [-0.3, -0.25) is 14.9 Å². The Kier molecular flexibility index (Phi) is 5.42. The zero-order valence-corrected chi connectivity index (χ0v) is 15.2. The minimum Gasteiger partial charge on any atom is -0.342 e. The van der Waals surface area contributed by atoms with Crippen molar-refractivity contribution in [2.75, 3.05) is 13.1 Å². The van der Waals surface area contributed by atoms with Gasteiger partial charge in [-0.2, -0.15) is 0 Å². The molecular formula is C19H23ClN2O3. The zero-order chi connectivity index (χ0) is 18.0. The topological polar surface area (TPSA) is 63.5 Å². The number of rotatable bonds is 3. The van der Waals surface area contributed by atoms with Gasteiger partial charge in [0.15, 0.2) is 0 Å². The van der Waals surface area contributed by atoms with Gasteiger partial charge in [-0.1, -0.05) is 36.1 Å². The lowest BCUT2D eigenvalue weighted by Crippen LogP contribution is -2.39. The second-order valence-electron chi connectivity index (χ2n) is 7.01. The molecule has 0 spiro atoms. The Hall–Kier alpha value is -1.88. The van der Waals surface area contributed by atoms with Crippen LogP contribution in [0.2, 0.25) is 5.02 Å². The van der Waals surface area contributed by atoms with E-state index >= 15 is 0 Å². The SMILES string of the molecule is Cc1c(C=C2CCN(C(=O)C3CCCC3)CC2)cc(Cl)cc1[N+](=O)[O-]. The Bertz CT molecular complexity index is 714. The molecule has 1 saturated carbocycles. The largest absolute Gasteiger partial charge is 0.342 e. The molecule has 1 amide bonds. The van der Waals surface area contributed by atoms with Crippen LogP contribution >= 0.6 is 11.6 Å². The number of hydrogen-bond acceptors (Lipinski definition) is 3. The van der Waals surface area contributed by atoms with Gasteiger partial charge in [-0.25, -0.2) is 0 Å². The van der Waals surface area contributed by atoms with E-state index in [2.05, 4.69) is 0 Å². The van der Waals surface area contributed by atoms with Gasteiger partial charge in [0.2, 0.25) is 5.91 Å². The smallest absolute Gasteiger partial charge is 0.274 e. The Morgan fingerprint density at radius 1 is 1.28 bits per heavy atom. The van der Waals surface area contributed by atoms with Crippen molar-refractivity contribution in [1.29, 1.82) is 0 Å². The molecule has 134 valence electrons. The van der Waals surface area contributed by atoms with Crippen molar-refractivity contribution >= 4 is 29.3 Å². The number of nitrogens with zero attached hydrogens (tertiary/aromatic N) is 2. The summed E-state index contributed by atoms with van der Waals surface area (Å²) in [6.45, 7) is 3.23. The fraction of sp³-hybridized carbons (Fsp3) is 0.526. The molecule has 1 aromatic carbocycles. The van der Waals surface area contributed by atoms with Crippen molar-refractivity contribution in [3.05, 3.63) is 44.0 Å². The normalized spacial score (nSPS) is 18.5. The van der Waals surface area contributed by atoms with Crippen molar-refractivity contribution in [2.24, 2.45) is 5.92 Å². The van der Waals surface area contributed by atoms with E-state index in [1.165, 1.54) is 24.5 Å². The van der Waals surface area contributed by atoms with Gasteiger partial charge in [-0.15, -0.1) is 0 Å². The van der Waals surface area contributed by atoms with E-state index in [1.54, 1.807) is 13.0 Å². The highest BCUT2D eigenvalue weighted by atomic mass is 35.5. The molecule has 1 heterocycles. The average Bonchev–Trinajstić information content (AvgIpc) is 3.12. The molecule has 0 atom stereocenters. The van der Waals surface area contributed by atoms with Crippen LogP contribution in [0.3, 0.4) is 0 Å². The number of nitro groups is 1. The number of benzene rings is 1. The van der Waals surface area contributed by atoms with Crippen LogP contribution < -0.4 is 0 Å². The number of amides is 1. The Morgan fingerprint density at radius 3 is 2.52 bits per heavy atom. The molecule has 1 aromatic rings. The number of likely N-dealkylation sites (tertiary alicyclic amines) is 1. The van der Waals surface area contributed by atoms with E-state index in [4.69, 9.17) is 11.6 Å². The highest BCUT2D eigenvalue weighted by Crippen LogP contribution is 2.31. The summed E-state index contributed by atoms with van der Waals surface area (Å²) in [5.74, 6) is 0.537. The summed E-state index contributed by atoms with van der Waals surface area (Å²) in [5.41, 5.74) is 2.69. The zero-order valence-electron chi connectivity index (χ0n) is 14.5. The highest BCUT2D eigenvalue weighted by Gasteiger charge is 2.28. The lowest BCUT2D eigenvalue weighted by molar-refractivity contribution is -0.385. The van der Waals surface area contributed by atoms with Gasteiger partial charge in [0, 0.05) is 35.7 Å². The van der Waals surface area contributed by atoms with E-state index in [0.29, 0.717) is 16.5 Å². The second-order valence-corrected chi connectivity index (χ2v) is 7.44. The third kappa shape index (κ3) is 4.03. The summed E-state index contributed by atoms with van der Waals surface area (Å²) in [5, 5.41) is 11.5. The fourth-order valence-corrected chi connectivity index (χ4v) is 4.06. The second kappa shape index (κ2) is 7.56. The standard InChI is InChI=1S/C19H23ClN2O3/c1-13-16(11-17(20)12-18(13)22(24)25)10-14-6-8-21(9-7-14)19(23)15-4-2-3-5-15/h10-12,15H,2-9H2,1H3. The van der Waals surface area contributed by atoms with Crippen LogP contribution in [0.5, 0.6) is 0 Å². The van der Waals surface area contributed by atoms with Crippen LogP contribution in [0.4, 0.5) is 5.69 Å². The van der Waals surface area contributed by atoms with Crippen LogP contribution in [0.25, 0.3) is 6.08 Å². The first-order valence-corrected chi connectivity index (χ1v) is 9.26. The minimum atomic E-state index is -0.397. The van der Waals surface area contributed by atoms with Crippen molar-refractivity contribution in [3.63, 3.8) is 0 Å². The molecule has 2 aliphatic rings. The lowest BCUT2D eigenvalue weighted by Gasteiger charge is -2.30. The summed E-state index contributed by atoms with van der Waals surface area (Å²) in [7, 11) is 0. The first-order chi connectivity index (χ1) is 12.0. The molecule has 2 fully saturated rings. The maximum Gasteiger partial charge on any atom is 0.274 e. The summed E-state index contributed by atoms with van der Waals surface area (Å²) < 4.78 is 0. The number of hydrogen-bond donors (Lipinski definition) is 0. The molecule has 5 nitrogen and oxygen atoms in total. The molecule has 1 aliphatic carbocycles. The maximum atomic E-state index is 12.5. The highest BCUT2D eigenvalue weighted by molar-refractivity contribution is 6.31. The number of halogens is 1. The first-order valence-electron chi connectivity index (χ1n) is 8.88. The Balaban J connectivity index is 1.70. The van der Waals surface area contributed by atoms with Crippen molar-refractivity contribution in [3.8, 4) is 0 Å². The minimum absolute atomic E-state index is 0.0493. The van der Waals surface area contributed by atoms with E-state index in [0.717, 1.165) is 44.3 Å². The third-order valence-corrected chi connectivity index (χ3v) is 5.58. The van der Waals surface area contributed by atoms with E-state index in [1.807, 2.05) is 11.0 Å². The molecule has 1 saturated heterocycles. The number of nitro benzene ring substituents is 1. The monoisotopic (exact) mass is 362 g/mol. The molecule has 1 aliphatic heterocycles. The van der Waals surface area contributed by atoms with Gasteiger partial charge >= 0.3 is 0 Å². The lowest BCUT2D eigenvalue weighted by atomic mass is 9.97. The van der Waals surface area contributed by atoms with Gasteiger partial charge in [0.1, 0.15) is 0 Å². The van der Waals surface area contributed by atoms with Gasteiger partial charge in [0.05, 0.1) is 4.92 Å². The molecule has 0 bridgehead atoms. The molecule has 0 N–H and O–H groups in total. The molecule has 25 heavy (non-hydrogen) atoms. The summed E-state index contributed by atoms with van der Waals surface area (Å²) >= 11 is 6.03. The predicted molar refractivity (Wildman–Crippen MR) is 98.6 cm³/mol. The van der Waals surface area contributed by atoms with Crippen LogP contribution in [0, 0.1) is 23.0 Å². The predicted octanol–water partition coefficient (Wildman–Crippen LogP) is 4.75. The third-order valence-electron chi connectivity index (χ3n) is 5.36. The van der Waals surface area contributed by atoms with Crippen molar-refractivity contribution < 1.29 is 9.72 Å². The molecule has 0 aromatic heterocycles. The van der Waals surface area contributed by atoms with E-state index in [-0.39, 0.29) is 11.6 Å². The number of carbonyl (C=O) groups is 1. The van der Waals surface area contributed by atoms with Crippen LogP contribution in [-0.2, 0) is 4.79 Å². The average molecular weight is 363 g/mol. The quantitative estimate of drug-likeness (QED) is 0.575. The summed E-state index contributed by atoms with van der Waals surface area (Å²) in [6, 6.07) is 3.16. The molecular weight excluding hydrogens is 340 g/mol. The van der Waals surface area contributed by atoms with E-state index in [9.17, 15) is 14.9 Å². The van der Waals surface area contributed by atoms with Gasteiger partial charge in [0.25, 0.3) is 5.69 Å². The number of piperidine rings is 1. The van der Waals surface area contributed by atoms with Gasteiger partial charge < -0.3 is 4.90 Å². The molecule has 0 unspecified atom stereocenters.